The summed E-state index contributed by atoms with van der Waals surface area (Å²) in [4.78, 5) is 0. The average Bonchev–Trinajstić information content (AvgIpc) is 2.81. The molecule has 2 unspecified atom stereocenters. The maximum absolute atomic E-state index is 9.04. The molecule has 0 saturated carbocycles. The number of hydrazine groups is 1. The summed E-state index contributed by atoms with van der Waals surface area (Å²) in [7, 11) is 0. The summed E-state index contributed by atoms with van der Waals surface area (Å²) in [5, 5.41) is 12.9. The summed E-state index contributed by atoms with van der Waals surface area (Å²) in [6, 6.07) is 8.05. The van der Waals surface area contributed by atoms with Crippen LogP contribution in [0, 0.1) is 17.2 Å². The lowest BCUT2D eigenvalue weighted by atomic mass is 9.98. The van der Waals surface area contributed by atoms with E-state index in [4.69, 9.17) is 16.9 Å². The Morgan fingerprint density at radius 3 is 3.05 bits per heavy atom. The molecule has 0 spiro atoms. The van der Waals surface area contributed by atoms with E-state index in [9.17, 15) is 0 Å². The van der Waals surface area contributed by atoms with Gasteiger partial charge in [-0.2, -0.15) is 5.26 Å². The van der Waals surface area contributed by atoms with Crippen molar-refractivity contribution in [2.24, 2.45) is 5.92 Å². The molecule has 1 aliphatic heterocycles. The van der Waals surface area contributed by atoms with Crippen LogP contribution in [0.15, 0.2) is 18.2 Å². The highest BCUT2D eigenvalue weighted by molar-refractivity contribution is 6.30. The van der Waals surface area contributed by atoms with E-state index in [1.54, 1.807) is 12.1 Å². The Labute approximate surface area is 119 Å². The van der Waals surface area contributed by atoms with E-state index in [2.05, 4.69) is 29.2 Å². The average molecular weight is 279 g/mol. The van der Waals surface area contributed by atoms with Crippen LogP contribution >= 0.6 is 11.6 Å². The number of nitrogens with zero attached hydrogens (tertiary/aromatic N) is 1. The van der Waals surface area contributed by atoms with Crippen molar-refractivity contribution in [2.75, 3.05) is 18.4 Å². The maximum Gasteiger partial charge on any atom is 0.101 e. The van der Waals surface area contributed by atoms with Gasteiger partial charge in [-0.05, 0) is 43.9 Å². The van der Waals surface area contributed by atoms with Crippen molar-refractivity contribution in [1.82, 2.24) is 10.9 Å². The molecule has 0 amide bonds. The second-order valence-electron chi connectivity index (χ2n) is 4.94. The van der Waals surface area contributed by atoms with Crippen LogP contribution in [0.4, 0.5) is 5.69 Å². The second-order valence-corrected chi connectivity index (χ2v) is 5.38. The topological polar surface area (TPSA) is 59.9 Å². The smallest absolute Gasteiger partial charge is 0.101 e. The zero-order chi connectivity index (χ0) is 13.7. The van der Waals surface area contributed by atoms with Crippen molar-refractivity contribution in [3.05, 3.63) is 28.8 Å². The van der Waals surface area contributed by atoms with Crippen molar-refractivity contribution in [3.63, 3.8) is 0 Å². The van der Waals surface area contributed by atoms with Crippen molar-refractivity contribution >= 4 is 17.3 Å². The summed E-state index contributed by atoms with van der Waals surface area (Å²) in [6.45, 7) is 4.11. The van der Waals surface area contributed by atoms with Crippen LogP contribution in [0.2, 0.25) is 5.02 Å². The van der Waals surface area contributed by atoms with E-state index in [0.29, 0.717) is 22.5 Å². The molecule has 0 bridgehead atoms. The van der Waals surface area contributed by atoms with Gasteiger partial charge in [0, 0.05) is 24.2 Å². The van der Waals surface area contributed by atoms with E-state index in [1.807, 2.05) is 6.07 Å². The third kappa shape index (κ3) is 3.84. The fraction of sp³-hybridized carbons (Fsp3) is 0.500. The Bertz CT molecular complexity index is 469. The lowest BCUT2D eigenvalue weighted by molar-refractivity contribution is 0.452. The van der Waals surface area contributed by atoms with E-state index < -0.39 is 0 Å². The zero-order valence-electron chi connectivity index (χ0n) is 11.0. The van der Waals surface area contributed by atoms with Crippen LogP contribution in [0.3, 0.4) is 0 Å². The van der Waals surface area contributed by atoms with E-state index >= 15 is 0 Å². The van der Waals surface area contributed by atoms with Gasteiger partial charge in [0.25, 0.3) is 0 Å². The van der Waals surface area contributed by atoms with Gasteiger partial charge in [0.1, 0.15) is 6.07 Å². The molecule has 3 N–H and O–H groups in total. The van der Waals surface area contributed by atoms with Gasteiger partial charge in [-0.15, -0.1) is 0 Å². The molecule has 0 aromatic heterocycles. The molecule has 2 rings (SSSR count). The minimum absolute atomic E-state index is 0.533. The van der Waals surface area contributed by atoms with Crippen molar-refractivity contribution < 1.29 is 0 Å². The second kappa shape index (κ2) is 6.76. The van der Waals surface area contributed by atoms with Crippen molar-refractivity contribution in [2.45, 2.75) is 25.8 Å². The van der Waals surface area contributed by atoms with Crippen LogP contribution in [0.5, 0.6) is 0 Å². The molecule has 2 atom stereocenters. The lowest BCUT2D eigenvalue weighted by Crippen LogP contribution is -2.28. The molecule has 102 valence electrons. The number of nitrogens with one attached hydrogen (secondary N) is 3. The quantitative estimate of drug-likeness (QED) is 0.725. The molecule has 19 heavy (non-hydrogen) atoms. The highest BCUT2D eigenvalue weighted by Gasteiger charge is 2.21. The number of benzene rings is 1. The summed E-state index contributed by atoms with van der Waals surface area (Å²) in [5.74, 6) is 0.683. The molecular formula is C14H19ClN4. The number of nitriles is 1. The number of anilines is 1. The predicted molar refractivity (Wildman–Crippen MR) is 78.0 cm³/mol. The van der Waals surface area contributed by atoms with Crippen LogP contribution in [0.1, 0.15) is 25.3 Å². The van der Waals surface area contributed by atoms with E-state index in [0.717, 1.165) is 25.2 Å². The first-order valence-corrected chi connectivity index (χ1v) is 7.00. The minimum Gasteiger partial charge on any atom is -0.384 e. The van der Waals surface area contributed by atoms with Gasteiger partial charge in [-0.1, -0.05) is 11.6 Å². The normalized spacial score (nSPS) is 22.2. The van der Waals surface area contributed by atoms with Gasteiger partial charge >= 0.3 is 0 Å². The zero-order valence-corrected chi connectivity index (χ0v) is 11.8. The fourth-order valence-electron chi connectivity index (χ4n) is 2.35. The molecule has 1 saturated heterocycles. The molecule has 0 aliphatic carbocycles. The monoisotopic (exact) mass is 278 g/mol. The first-order valence-electron chi connectivity index (χ1n) is 6.62. The first-order chi connectivity index (χ1) is 9.20. The van der Waals surface area contributed by atoms with Crippen LogP contribution in [-0.4, -0.2) is 19.1 Å². The molecule has 1 aromatic carbocycles. The van der Waals surface area contributed by atoms with Gasteiger partial charge < -0.3 is 5.32 Å². The number of hydrogen-bond acceptors (Lipinski definition) is 4. The fourth-order valence-corrected chi connectivity index (χ4v) is 2.52. The molecule has 0 radical (unpaired) electrons. The number of halogens is 1. The Hall–Kier alpha value is -1.28. The van der Waals surface area contributed by atoms with Crippen molar-refractivity contribution in [3.8, 4) is 6.07 Å². The van der Waals surface area contributed by atoms with Crippen molar-refractivity contribution in [1.29, 1.82) is 5.26 Å². The highest BCUT2D eigenvalue weighted by atomic mass is 35.5. The first kappa shape index (κ1) is 14.1. The van der Waals surface area contributed by atoms with Gasteiger partial charge in [0.15, 0.2) is 0 Å². The lowest BCUT2D eigenvalue weighted by Gasteiger charge is -2.14. The standard InChI is InChI=1S/C14H19ClN4/c1-10-11(9-18-19-10)3-2-6-17-14-5-4-13(15)7-12(14)8-16/h4-5,7,10-11,17-19H,2-3,6,9H2,1H3. The van der Waals surface area contributed by atoms with Gasteiger partial charge in [0.05, 0.1) is 11.3 Å². The third-order valence-electron chi connectivity index (χ3n) is 3.57. The molecular weight excluding hydrogens is 260 g/mol. The molecule has 1 aliphatic rings. The highest BCUT2D eigenvalue weighted by Crippen LogP contribution is 2.20. The Balaban J connectivity index is 1.78. The predicted octanol–water partition coefficient (Wildman–Crippen LogP) is 2.52. The number of rotatable bonds is 5. The molecule has 1 heterocycles. The summed E-state index contributed by atoms with van der Waals surface area (Å²) in [6.07, 6.45) is 2.26. The SMILES string of the molecule is CC1NNCC1CCCNc1ccc(Cl)cc1C#N. The van der Waals surface area contributed by atoms with Crippen LogP contribution in [-0.2, 0) is 0 Å². The molecule has 5 heteroatoms. The van der Waals surface area contributed by atoms with Gasteiger partial charge in [-0.25, -0.2) is 0 Å². The summed E-state index contributed by atoms with van der Waals surface area (Å²) >= 11 is 5.87. The van der Waals surface area contributed by atoms with E-state index in [-0.39, 0.29) is 0 Å². The van der Waals surface area contributed by atoms with Gasteiger partial charge in [-0.3, -0.25) is 10.9 Å². The largest absolute Gasteiger partial charge is 0.384 e. The minimum atomic E-state index is 0.533. The molecule has 1 fully saturated rings. The van der Waals surface area contributed by atoms with Crippen LogP contribution < -0.4 is 16.2 Å². The summed E-state index contributed by atoms with van der Waals surface area (Å²) < 4.78 is 0. The Kier molecular flexibility index (Phi) is 5.03. The van der Waals surface area contributed by atoms with E-state index in [1.165, 1.54) is 6.42 Å². The Morgan fingerprint density at radius 1 is 1.53 bits per heavy atom. The third-order valence-corrected chi connectivity index (χ3v) is 3.81. The number of hydrogen-bond donors (Lipinski definition) is 3. The summed E-state index contributed by atoms with van der Waals surface area (Å²) in [5.41, 5.74) is 7.87. The maximum atomic E-state index is 9.04. The van der Waals surface area contributed by atoms with Gasteiger partial charge in [0.2, 0.25) is 0 Å². The molecule has 4 nitrogen and oxygen atoms in total. The Morgan fingerprint density at radius 2 is 2.37 bits per heavy atom. The van der Waals surface area contributed by atoms with Crippen LogP contribution in [0.25, 0.3) is 0 Å². The molecule has 1 aromatic rings.